The highest BCUT2D eigenvalue weighted by Crippen LogP contribution is 2.35. The average molecular weight is 497 g/mol. The molecule has 0 saturated carbocycles. The second-order valence-corrected chi connectivity index (χ2v) is 8.62. The molecule has 1 aliphatic heterocycles. The van der Waals surface area contributed by atoms with Crippen LogP contribution in [0.15, 0.2) is 55.0 Å². The molecule has 180 valence electrons. The maximum absolute atomic E-state index is 13.8. The number of aliphatic hydroxyl groups excluding tert-OH is 1. The number of halogens is 2. The number of aromatic amines is 1. The van der Waals surface area contributed by atoms with Crippen molar-refractivity contribution in [2.75, 3.05) is 18.5 Å². The third-order valence-corrected chi connectivity index (χ3v) is 6.16. The first-order valence-electron chi connectivity index (χ1n) is 11.1. The van der Waals surface area contributed by atoms with Crippen molar-refractivity contribution in [1.29, 1.82) is 0 Å². The van der Waals surface area contributed by atoms with Crippen molar-refractivity contribution >= 4 is 34.1 Å². The number of aromatic nitrogens is 3. The lowest BCUT2D eigenvalue weighted by Gasteiger charge is -2.29. The Hall–Kier alpha value is -3.53. The van der Waals surface area contributed by atoms with Gasteiger partial charge >= 0.3 is 0 Å². The normalized spacial score (nSPS) is 17.9. The second kappa shape index (κ2) is 9.99. The summed E-state index contributed by atoms with van der Waals surface area (Å²) in [5.41, 5.74) is 1.80. The van der Waals surface area contributed by atoms with Gasteiger partial charge in [-0.2, -0.15) is 0 Å². The molecule has 4 heterocycles. The highest BCUT2D eigenvalue weighted by molar-refractivity contribution is 6.35. The number of nitrogens with one attached hydrogen (secondary N) is 2. The fourth-order valence-corrected chi connectivity index (χ4v) is 4.23. The van der Waals surface area contributed by atoms with E-state index in [-0.39, 0.29) is 36.2 Å². The first-order valence-corrected chi connectivity index (χ1v) is 11.5. The summed E-state index contributed by atoms with van der Waals surface area (Å²) >= 11 is 6.48. The van der Waals surface area contributed by atoms with E-state index in [1.54, 1.807) is 24.4 Å². The zero-order chi connectivity index (χ0) is 24.4. The monoisotopic (exact) mass is 496 g/mol. The van der Waals surface area contributed by atoms with Gasteiger partial charge < -0.3 is 24.9 Å². The van der Waals surface area contributed by atoms with Crippen molar-refractivity contribution in [1.82, 2.24) is 15.0 Å². The molecule has 1 aliphatic rings. The van der Waals surface area contributed by atoms with E-state index < -0.39 is 5.82 Å². The molecule has 0 aliphatic carbocycles. The Balaban J connectivity index is 1.40. The molecular weight excluding hydrogens is 475 g/mol. The third-order valence-electron chi connectivity index (χ3n) is 5.87. The van der Waals surface area contributed by atoms with E-state index in [0.29, 0.717) is 45.9 Å². The van der Waals surface area contributed by atoms with E-state index in [0.717, 1.165) is 6.42 Å². The lowest BCUT2D eigenvalue weighted by Crippen LogP contribution is -2.36. The molecule has 0 radical (unpaired) electrons. The van der Waals surface area contributed by atoms with Crippen LogP contribution in [0.5, 0.6) is 11.6 Å². The van der Waals surface area contributed by atoms with Gasteiger partial charge in [-0.1, -0.05) is 23.7 Å². The standard InChI is InChI=1S/C25H22ClFN4O4/c26-18-11-30-25-22(23(18)31-15-6-7-16(12-32)34-13-15)17(10-29-25)24(33)14-5-8-21(28-9-14)35-20-4-2-1-3-19(20)27/h1-5,8-11,15-16,32H,6-7,12-13H2,(H2,29,30,31)/t15-,16+/m1/s1. The SMILES string of the molecule is O=C(c1ccc(Oc2ccccc2F)nc1)c1c[nH]c2ncc(Cl)c(N[C@@H]3CC[C@@H](CO)OC3)c12. The average Bonchev–Trinajstić information content (AvgIpc) is 3.32. The van der Waals surface area contributed by atoms with E-state index >= 15 is 0 Å². The number of hydrogen-bond donors (Lipinski definition) is 3. The van der Waals surface area contributed by atoms with E-state index in [9.17, 15) is 14.3 Å². The molecule has 4 aromatic rings. The van der Waals surface area contributed by atoms with Crippen LogP contribution in [0.2, 0.25) is 5.02 Å². The Morgan fingerprint density at radius 2 is 2.09 bits per heavy atom. The Labute approximate surface area is 205 Å². The van der Waals surface area contributed by atoms with Gasteiger partial charge in [0.1, 0.15) is 5.65 Å². The lowest BCUT2D eigenvalue weighted by molar-refractivity contribution is -0.0223. The number of pyridine rings is 2. The number of benzene rings is 1. The molecular formula is C25H22ClFN4O4. The van der Waals surface area contributed by atoms with Crippen molar-refractivity contribution in [2.45, 2.75) is 25.0 Å². The van der Waals surface area contributed by atoms with Crippen LogP contribution in [0.1, 0.15) is 28.8 Å². The molecule has 1 aromatic carbocycles. The summed E-state index contributed by atoms with van der Waals surface area (Å²) in [5.74, 6) is -0.582. The molecule has 0 bridgehead atoms. The number of carbonyl (C=O) groups excluding carboxylic acids is 1. The second-order valence-electron chi connectivity index (χ2n) is 8.21. The number of ether oxygens (including phenoxy) is 2. The fraction of sp³-hybridized carbons (Fsp3) is 0.240. The van der Waals surface area contributed by atoms with Gasteiger partial charge in [-0.3, -0.25) is 4.79 Å². The first-order chi connectivity index (χ1) is 17.0. The number of anilines is 1. The molecule has 3 aromatic heterocycles. The molecule has 3 N–H and O–H groups in total. The Bertz CT molecular complexity index is 1350. The van der Waals surface area contributed by atoms with Gasteiger partial charge in [0.05, 0.1) is 47.2 Å². The van der Waals surface area contributed by atoms with Crippen molar-refractivity contribution in [3.63, 3.8) is 0 Å². The molecule has 0 spiro atoms. The summed E-state index contributed by atoms with van der Waals surface area (Å²) in [7, 11) is 0. The smallest absolute Gasteiger partial charge is 0.219 e. The Morgan fingerprint density at radius 3 is 2.80 bits per heavy atom. The highest BCUT2D eigenvalue weighted by atomic mass is 35.5. The lowest BCUT2D eigenvalue weighted by atomic mass is 10.0. The van der Waals surface area contributed by atoms with Crippen molar-refractivity contribution in [3.05, 3.63) is 77.0 Å². The predicted octanol–water partition coefficient (Wildman–Crippen LogP) is 4.73. The molecule has 8 nitrogen and oxygen atoms in total. The van der Waals surface area contributed by atoms with Crippen LogP contribution in [0, 0.1) is 5.82 Å². The van der Waals surface area contributed by atoms with Gasteiger partial charge in [0.15, 0.2) is 17.3 Å². The van der Waals surface area contributed by atoms with Gasteiger partial charge in [-0.25, -0.2) is 14.4 Å². The van der Waals surface area contributed by atoms with Gasteiger partial charge in [-0.05, 0) is 31.0 Å². The number of ketones is 1. The van der Waals surface area contributed by atoms with Crippen LogP contribution in [0.3, 0.4) is 0 Å². The quantitative estimate of drug-likeness (QED) is 0.317. The molecule has 1 fully saturated rings. The first kappa shape index (κ1) is 23.2. The topological polar surface area (TPSA) is 109 Å². The highest BCUT2D eigenvalue weighted by Gasteiger charge is 2.25. The molecule has 2 atom stereocenters. The van der Waals surface area contributed by atoms with E-state index in [4.69, 9.17) is 21.1 Å². The van der Waals surface area contributed by atoms with Gasteiger partial charge in [0, 0.05) is 30.1 Å². The van der Waals surface area contributed by atoms with Crippen LogP contribution in [-0.4, -0.2) is 51.2 Å². The van der Waals surface area contributed by atoms with Crippen molar-refractivity contribution < 1.29 is 23.8 Å². The number of rotatable bonds is 7. The van der Waals surface area contributed by atoms with Crippen LogP contribution in [-0.2, 0) is 4.74 Å². The number of H-pyrrole nitrogens is 1. The van der Waals surface area contributed by atoms with E-state index in [2.05, 4.69) is 20.3 Å². The minimum atomic E-state index is -0.507. The van der Waals surface area contributed by atoms with Crippen LogP contribution in [0.4, 0.5) is 10.1 Å². The minimum Gasteiger partial charge on any atom is -0.436 e. The Morgan fingerprint density at radius 1 is 1.23 bits per heavy atom. The van der Waals surface area contributed by atoms with Crippen LogP contribution in [0.25, 0.3) is 11.0 Å². The molecule has 10 heteroatoms. The summed E-state index contributed by atoms with van der Waals surface area (Å²) in [6.07, 6.45) is 5.83. The summed E-state index contributed by atoms with van der Waals surface area (Å²) in [5, 5.41) is 13.6. The number of nitrogens with zero attached hydrogens (tertiary/aromatic N) is 2. The maximum atomic E-state index is 13.8. The number of carbonyl (C=O) groups is 1. The summed E-state index contributed by atoms with van der Waals surface area (Å²) in [6, 6.07) is 9.05. The molecule has 35 heavy (non-hydrogen) atoms. The van der Waals surface area contributed by atoms with Gasteiger partial charge in [0.25, 0.3) is 0 Å². The van der Waals surface area contributed by atoms with Gasteiger partial charge in [0.2, 0.25) is 5.88 Å². The number of aliphatic hydroxyl groups is 1. The number of para-hydroxylation sites is 1. The molecule has 0 amide bonds. The third kappa shape index (κ3) is 4.84. The van der Waals surface area contributed by atoms with Crippen molar-refractivity contribution in [2.24, 2.45) is 0 Å². The van der Waals surface area contributed by atoms with E-state index in [1.807, 2.05) is 0 Å². The zero-order valence-electron chi connectivity index (χ0n) is 18.5. The van der Waals surface area contributed by atoms with Crippen LogP contribution < -0.4 is 10.1 Å². The summed E-state index contributed by atoms with van der Waals surface area (Å²) < 4.78 is 25.0. The fourth-order valence-electron chi connectivity index (χ4n) is 4.03. The maximum Gasteiger partial charge on any atom is 0.219 e. The number of hydrogen-bond acceptors (Lipinski definition) is 7. The molecule has 5 rings (SSSR count). The number of fused-ring (bicyclic) bond motifs is 1. The van der Waals surface area contributed by atoms with E-state index in [1.165, 1.54) is 30.6 Å². The Kier molecular flexibility index (Phi) is 6.63. The van der Waals surface area contributed by atoms with Gasteiger partial charge in [-0.15, -0.1) is 0 Å². The summed E-state index contributed by atoms with van der Waals surface area (Å²) in [4.78, 5) is 24.9. The largest absolute Gasteiger partial charge is 0.436 e. The summed E-state index contributed by atoms with van der Waals surface area (Å²) in [6.45, 7) is 0.397. The molecule has 1 saturated heterocycles. The predicted molar refractivity (Wildman–Crippen MR) is 129 cm³/mol. The minimum absolute atomic E-state index is 0.0123. The van der Waals surface area contributed by atoms with Crippen LogP contribution >= 0.6 is 11.6 Å². The van der Waals surface area contributed by atoms with Crippen molar-refractivity contribution in [3.8, 4) is 11.6 Å². The molecule has 0 unspecified atom stereocenters. The zero-order valence-corrected chi connectivity index (χ0v) is 19.3.